The van der Waals surface area contributed by atoms with E-state index in [0.29, 0.717) is 5.92 Å². The molecule has 1 aromatic rings. The van der Waals surface area contributed by atoms with Crippen LogP contribution in [0, 0.1) is 16.0 Å². The molecule has 1 atom stereocenters. The van der Waals surface area contributed by atoms with Crippen molar-refractivity contribution in [1.82, 2.24) is 10.2 Å². The zero-order chi connectivity index (χ0) is 17.5. The van der Waals surface area contributed by atoms with E-state index in [-0.39, 0.29) is 47.8 Å². The number of hydrogen-bond acceptors (Lipinski definition) is 5. The maximum absolute atomic E-state index is 12.3. The molecule has 1 amide bonds. The molecule has 0 spiro atoms. The van der Waals surface area contributed by atoms with Crippen molar-refractivity contribution in [3.63, 3.8) is 0 Å². The van der Waals surface area contributed by atoms with Gasteiger partial charge in [0.05, 0.1) is 18.0 Å². The minimum Gasteiger partial charge on any atom is -0.486 e. The third-order valence-electron chi connectivity index (χ3n) is 4.06. The van der Waals surface area contributed by atoms with Gasteiger partial charge >= 0.3 is 5.69 Å². The maximum atomic E-state index is 12.3. The molecule has 1 heterocycles. The summed E-state index contributed by atoms with van der Waals surface area (Å²) in [5.74, 6) is 0.627. The first-order chi connectivity index (χ1) is 11.5. The second-order valence-corrected chi connectivity index (χ2v) is 6.31. The number of nitrogens with zero attached hydrogens (tertiary/aromatic N) is 2. The van der Waals surface area contributed by atoms with Crippen LogP contribution in [0.1, 0.15) is 19.3 Å². The van der Waals surface area contributed by atoms with Gasteiger partial charge in [0.15, 0.2) is 5.75 Å². The highest BCUT2D eigenvalue weighted by Gasteiger charge is 2.23. The van der Waals surface area contributed by atoms with E-state index in [1.165, 1.54) is 18.2 Å². The molecule has 1 unspecified atom stereocenters. The molecule has 0 bridgehead atoms. The van der Waals surface area contributed by atoms with Crippen molar-refractivity contribution in [2.24, 2.45) is 5.92 Å². The predicted octanol–water partition coefficient (Wildman–Crippen LogP) is 2.90. The quantitative estimate of drug-likeness (QED) is 0.570. The minimum absolute atomic E-state index is 0. The van der Waals surface area contributed by atoms with Crippen LogP contribution in [0.25, 0.3) is 0 Å². The first-order valence-corrected chi connectivity index (χ1v) is 8.38. The molecule has 1 aromatic carbocycles. The van der Waals surface area contributed by atoms with E-state index in [9.17, 15) is 14.9 Å². The number of nitro benzene ring substituents is 1. The molecule has 0 aromatic heterocycles. The van der Waals surface area contributed by atoms with E-state index < -0.39 is 4.92 Å². The fourth-order valence-electron chi connectivity index (χ4n) is 2.91. The SMILES string of the molecule is CNCC1CCCN(C(=O)CCOc2ccc(Cl)cc2[N+](=O)[O-])C1.Cl. The topological polar surface area (TPSA) is 84.7 Å². The highest BCUT2D eigenvalue weighted by Crippen LogP contribution is 2.30. The van der Waals surface area contributed by atoms with Crippen LogP contribution in [0.3, 0.4) is 0 Å². The zero-order valence-corrected chi connectivity index (χ0v) is 15.6. The summed E-state index contributed by atoms with van der Waals surface area (Å²) in [5, 5.41) is 14.4. The van der Waals surface area contributed by atoms with Gasteiger partial charge in [-0.15, -0.1) is 12.4 Å². The predicted molar refractivity (Wildman–Crippen MR) is 98.7 cm³/mol. The molecule has 0 radical (unpaired) electrons. The Labute approximate surface area is 158 Å². The Bertz CT molecular complexity index is 599. The van der Waals surface area contributed by atoms with Crippen LogP contribution in [0.2, 0.25) is 5.02 Å². The van der Waals surface area contributed by atoms with Crippen LogP contribution in [-0.2, 0) is 4.79 Å². The number of piperidine rings is 1. The number of likely N-dealkylation sites (tertiary alicyclic amines) is 1. The second-order valence-electron chi connectivity index (χ2n) is 5.87. The summed E-state index contributed by atoms with van der Waals surface area (Å²) in [6.07, 6.45) is 2.33. The van der Waals surface area contributed by atoms with Gasteiger partial charge in [0.2, 0.25) is 5.91 Å². The Morgan fingerprint density at radius 3 is 2.96 bits per heavy atom. The molecule has 25 heavy (non-hydrogen) atoms. The molecule has 9 heteroatoms. The van der Waals surface area contributed by atoms with E-state index in [0.717, 1.165) is 32.5 Å². The summed E-state index contributed by atoms with van der Waals surface area (Å²) >= 11 is 5.76. The Morgan fingerprint density at radius 2 is 2.28 bits per heavy atom. The summed E-state index contributed by atoms with van der Waals surface area (Å²) in [6.45, 7) is 2.52. The Hall–Kier alpha value is -1.57. The van der Waals surface area contributed by atoms with Gasteiger partial charge in [-0.25, -0.2) is 0 Å². The molecule has 0 aliphatic carbocycles. The van der Waals surface area contributed by atoms with Gasteiger partial charge in [0.1, 0.15) is 0 Å². The van der Waals surface area contributed by atoms with Gasteiger partial charge in [-0.05, 0) is 44.5 Å². The van der Waals surface area contributed by atoms with E-state index >= 15 is 0 Å². The average molecular weight is 392 g/mol. The number of halogens is 2. The van der Waals surface area contributed by atoms with Crippen molar-refractivity contribution in [1.29, 1.82) is 0 Å². The number of carbonyl (C=O) groups is 1. The third kappa shape index (κ3) is 6.34. The lowest BCUT2D eigenvalue weighted by atomic mass is 9.98. The second kappa shape index (κ2) is 10.4. The minimum atomic E-state index is -0.546. The van der Waals surface area contributed by atoms with Crippen molar-refractivity contribution in [2.75, 3.05) is 33.3 Å². The van der Waals surface area contributed by atoms with Crippen LogP contribution >= 0.6 is 24.0 Å². The Balaban J connectivity index is 0.00000312. The largest absolute Gasteiger partial charge is 0.486 e. The lowest BCUT2D eigenvalue weighted by Gasteiger charge is -2.32. The van der Waals surface area contributed by atoms with E-state index in [4.69, 9.17) is 16.3 Å². The van der Waals surface area contributed by atoms with Gasteiger partial charge in [-0.3, -0.25) is 14.9 Å². The molecule has 2 rings (SSSR count). The number of ether oxygens (including phenoxy) is 1. The standard InChI is InChI=1S/C16H22ClN3O4.ClH/c1-18-10-12-3-2-7-19(11-12)16(21)6-8-24-15-5-4-13(17)9-14(15)20(22)23;/h4-5,9,12,18H,2-3,6-8,10-11H2,1H3;1H. The molecule has 7 nitrogen and oxygen atoms in total. The summed E-state index contributed by atoms with van der Waals surface area (Å²) in [7, 11) is 1.91. The highest BCUT2D eigenvalue weighted by atomic mass is 35.5. The van der Waals surface area contributed by atoms with Crippen molar-refractivity contribution in [2.45, 2.75) is 19.3 Å². The lowest BCUT2D eigenvalue weighted by molar-refractivity contribution is -0.385. The van der Waals surface area contributed by atoms with Gasteiger partial charge in [-0.1, -0.05) is 11.6 Å². The molecule has 0 saturated carbocycles. The van der Waals surface area contributed by atoms with Crippen LogP contribution in [0.4, 0.5) is 5.69 Å². The van der Waals surface area contributed by atoms with E-state index in [2.05, 4.69) is 5.32 Å². The number of benzene rings is 1. The molecule has 140 valence electrons. The average Bonchev–Trinajstić information content (AvgIpc) is 2.56. The number of nitro groups is 1. The van der Waals surface area contributed by atoms with Crippen LogP contribution in [0.15, 0.2) is 18.2 Å². The monoisotopic (exact) mass is 391 g/mol. The van der Waals surface area contributed by atoms with E-state index in [1.807, 2.05) is 11.9 Å². The third-order valence-corrected chi connectivity index (χ3v) is 4.29. The van der Waals surface area contributed by atoms with Gasteiger partial charge in [0.25, 0.3) is 0 Å². The molecule has 1 saturated heterocycles. The number of carbonyl (C=O) groups excluding carboxylic acids is 1. The summed E-state index contributed by atoms with van der Waals surface area (Å²) < 4.78 is 5.43. The lowest BCUT2D eigenvalue weighted by Crippen LogP contribution is -2.42. The summed E-state index contributed by atoms with van der Waals surface area (Å²) in [5.41, 5.74) is -0.193. The van der Waals surface area contributed by atoms with Crippen molar-refractivity contribution < 1.29 is 14.5 Å². The van der Waals surface area contributed by atoms with Crippen LogP contribution in [0.5, 0.6) is 5.75 Å². The van der Waals surface area contributed by atoms with Gasteiger partial charge < -0.3 is 15.0 Å². The number of hydrogen-bond donors (Lipinski definition) is 1. The highest BCUT2D eigenvalue weighted by molar-refractivity contribution is 6.30. The Morgan fingerprint density at radius 1 is 1.52 bits per heavy atom. The van der Waals surface area contributed by atoms with Crippen molar-refractivity contribution in [3.8, 4) is 5.75 Å². The number of rotatable bonds is 7. The molecule has 1 aliphatic rings. The summed E-state index contributed by atoms with van der Waals surface area (Å²) in [4.78, 5) is 24.6. The van der Waals surface area contributed by atoms with Crippen molar-refractivity contribution >= 4 is 35.6 Å². The number of nitrogens with one attached hydrogen (secondary N) is 1. The van der Waals surface area contributed by atoms with Crippen LogP contribution < -0.4 is 10.1 Å². The fraction of sp³-hybridized carbons (Fsp3) is 0.562. The number of amides is 1. The molecular formula is C16H23Cl2N3O4. The molecular weight excluding hydrogens is 369 g/mol. The first kappa shape index (κ1) is 21.5. The van der Waals surface area contributed by atoms with Crippen LogP contribution in [-0.4, -0.2) is 49.0 Å². The normalized spacial score (nSPS) is 16.9. The molecule has 1 fully saturated rings. The zero-order valence-electron chi connectivity index (χ0n) is 14.1. The maximum Gasteiger partial charge on any atom is 0.312 e. The van der Waals surface area contributed by atoms with Crippen molar-refractivity contribution in [3.05, 3.63) is 33.3 Å². The van der Waals surface area contributed by atoms with E-state index in [1.54, 1.807) is 0 Å². The van der Waals surface area contributed by atoms with Gasteiger partial charge in [0, 0.05) is 24.2 Å². The smallest absolute Gasteiger partial charge is 0.312 e. The fourth-order valence-corrected chi connectivity index (χ4v) is 3.07. The molecule has 1 aliphatic heterocycles. The first-order valence-electron chi connectivity index (χ1n) is 8.00. The van der Waals surface area contributed by atoms with Gasteiger partial charge in [-0.2, -0.15) is 0 Å². The summed E-state index contributed by atoms with van der Waals surface area (Å²) in [6, 6.07) is 4.22. The Kier molecular flexibility index (Phi) is 8.96. The molecule has 1 N–H and O–H groups in total.